The summed E-state index contributed by atoms with van der Waals surface area (Å²) in [6.07, 6.45) is 0.797. The number of anilines is 1. The van der Waals surface area contributed by atoms with Gasteiger partial charge in [0.05, 0.1) is 30.7 Å². The average molecular weight is 490 g/mol. The summed E-state index contributed by atoms with van der Waals surface area (Å²) in [7, 11) is -2.54. The van der Waals surface area contributed by atoms with Crippen molar-refractivity contribution in [1.29, 1.82) is 0 Å². The van der Waals surface area contributed by atoms with Gasteiger partial charge < -0.3 is 20.1 Å². The Balaban J connectivity index is 1.70. The minimum absolute atomic E-state index is 0.0280. The zero-order chi connectivity index (χ0) is 24.9. The van der Waals surface area contributed by atoms with Crippen LogP contribution < -0.4 is 20.1 Å². The van der Waals surface area contributed by atoms with E-state index in [1.807, 2.05) is 32.0 Å². The van der Waals surface area contributed by atoms with Gasteiger partial charge in [0.2, 0.25) is 21.8 Å². The molecule has 2 aromatic carbocycles. The van der Waals surface area contributed by atoms with Gasteiger partial charge in [0, 0.05) is 26.1 Å². The third-order valence-corrected chi connectivity index (χ3v) is 7.18. The lowest BCUT2D eigenvalue weighted by Crippen LogP contribution is -2.41. The fourth-order valence-electron chi connectivity index (χ4n) is 3.61. The van der Waals surface area contributed by atoms with Crippen molar-refractivity contribution in [2.45, 2.75) is 38.1 Å². The Morgan fingerprint density at radius 1 is 1.03 bits per heavy atom. The first kappa shape index (κ1) is 25.5. The van der Waals surface area contributed by atoms with E-state index in [9.17, 15) is 18.0 Å². The zero-order valence-corrected chi connectivity index (χ0v) is 20.6. The maximum absolute atomic E-state index is 12.9. The van der Waals surface area contributed by atoms with Gasteiger partial charge in [-0.25, -0.2) is 8.42 Å². The van der Waals surface area contributed by atoms with Gasteiger partial charge in [0.25, 0.3) is 0 Å². The third-order valence-electron chi connectivity index (χ3n) is 5.36. The number of hydrogen-bond donors (Lipinski definition) is 2. The fourth-order valence-corrected chi connectivity index (χ4v) is 4.74. The fraction of sp³-hybridized carbons (Fsp3) is 0.417. The summed E-state index contributed by atoms with van der Waals surface area (Å²) in [6, 6.07) is 11.0. The first-order chi connectivity index (χ1) is 16.1. The normalized spacial score (nSPS) is 14.4. The molecule has 0 spiro atoms. The molecule has 0 saturated carbocycles. The van der Waals surface area contributed by atoms with Gasteiger partial charge in [-0.1, -0.05) is 19.9 Å². The number of likely N-dealkylation sites (N-methyl/N-ethyl adjacent to an activating group) is 1. The summed E-state index contributed by atoms with van der Waals surface area (Å²) in [5.74, 6) is 0.684. The first-order valence-electron chi connectivity index (χ1n) is 11.1. The smallest absolute Gasteiger partial charge is 0.243 e. The molecule has 0 bridgehead atoms. The second kappa shape index (κ2) is 10.9. The van der Waals surface area contributed by atoms with Crippen molar-refractivity contribution in [1.82, 2.24) is 9.62 Å². The number of carbonyl (C=O) groups excluding carboxylic acids is 2. The van der Waals surface area contributed by atoms with E-state index in [0.29, 0.717) is 30.4 Å². The Morgan fingerprint density at radius 2 is 1.68 bits per heavy atom. The monoisotopic (exact) mass is 489 g/mol. The van der Waals surface area contributed by atoms with Crippen molar-refractivity contribution in [2.24, 2.45) is 5.92 Å². The summed E-state index contributed by atoms with van der Waals surface area (Å²) < 4.78 is 38.3. The molecule has 0 aromatic heterocycles. The molecular formula is C24H31N3O6S. The van der Waals surface area contributed by atoms with Gasteiger partial charge in [-0.05, 0) is 47.9 Å². The third kappa shape index (κ3) is 6.27. The Bertz CT molecular complexity index is 1130. The predicted octanol–water partition coefficient (Wildman–Crippen LogP) is 2.94. The number of carbonyl (C=O) groups is 2. The molecule has 184 valence electrons. The summed E-state index contributed by atoms with van der Waals surface area (Å²) in [6.45, 7) is 6.13. The molecule has 34 heavy (non-hydrogen) atoms. The van der Waals surface area contributed by atoms with Crippen molar-refractivity contribution in [3.63, 3.8) is 0 Å². The van der Waals surface area contributed by atoms with Crippen molar-refractivity contribution in [2.75, 3.05) is 32.1 Å². The summed E-state index contributed by atoms with van der Waals surface area (Å²) in [5.41, 5.74) is 1.34. The Labute approximate surface area is 200 Å². The van der Waals surface area contributed by atoms with Gasteiger partial charge in [-0.2, -0.15) is 4.31 Å². The van der Waals surface area contributed by atoms with Crippen LogP contribution in [0.15, 0.2) is 47.4 Å². The SMILES string of the molecule is CC(=O)Nc1ccc(S(=O)(=O)N(C)CC(=O)NC(c2ccc3c(c2)OCCCO3)C(C)C)cc1. The lowest BCUT2D eigenvalue weighted by molar-refractivity contribution is -0.122. The van der Waals surface area contributed by atoms with E-state index >= 15 is 0 Å². The van der Waals surface area contributed by atoms with Crippen LogP contribution in [-0.2, 0) is 19.6 Å². The standard InChI is InChI=1S/C24H31N3O6S/c1-16(2)24(18-6-11-21-22(14-18)33-13-5-12-32-21)26-23(29)15-27(4)34(30,31)20-9-7-19(8-10-20)25-17(3)28/h6-11,14,16,24H,5,12-13,15H2,1-4H3,(H,25,28)(H,26,29). The van der Waals surface area contributed by atoms with Gasteiger partial charge in [-0.15, -0.1) is 0 Å². The van der Waals surface area contributed by atoms with Crippen LogP contribution in [0.5, 0.6) is 11.5 Å². The second-order valence-corrected chi connectivity index (χ2v) is 10.6. The quantitative estimate of drug-likeness (QED) is 0.589. The van der Waals surface area contributed by atoms with Crippen LogP contribution in [0, 0.1) is 5.92 Å². The number of ether oxygens (including phenoxy) is 2. The van der Waals surface area contributed by atoms with Crippen molar-refractivity contribution in [3.8, 4) is 11.5 Å². The highest BCUT2D eigenvalue weighted by Crippen LogP contribution is 2.34. The minimum atomic E-state index is -3.89. The van der Waals surface area contributed by atoms with Crippen LogP contribution in [0.1, 0.15) is 38.8 Å². The molecule has 1 atom stereocenters. The number of amides is 2. The number of nitrogens with zero attached hydrogens (tertiary/aromatic N) is 1. The Hall–Kier alpha value is -3.11. The molecule has 9 nitrogen and oxygen atoms in total. The molecule has 0 saturated heterocycles. The van der Waals surface area contributed by atoms with Crippen LogP contribution >= 0.6 is 0 Å². The van der Waals surface area contributed by atoms with E-state index < -0.39 is 15.9 Å². The molecule has 0 aliphatic carbocycles. The summed E-state index contributed by atoms with van der Waals surface area (Å²) in [5, 5.41) is 5.54. The highest BCUT2D eigenvalue weighted by Gasteiger charge is 2.26. The van der Waals surface area contributed by atoms with Gasteiger partial charge in [0.1, 0.15) is 0 Å². The number of nitrogens with one attached hydrogen (secondary N) is 2. The molecule has 0 fully saturated rings. The predicted molar refractivity (Wildman–Crippen MR) is 128 cm³/mol. The van der Waals surface area contributed by atoms with Gasteiger partial charge in [-0.3, -0.25) is 9.59 Å². The Kier molecular flexibility index (Phi) is 8.16. The first-order valence-corrected chi connectivity index (χ1v) is 12.5. The topological polar surface area (TPSA) is 114 Å². The lowest BCUT2D eigenvalue weighted by atomic mass is 9.95. The van der Waals surface area contributed by atoms with E-state index in [1.54, 1.807) is 0 Å². The van der Waals surface area contributed by atoms with E-state index in [2.05, 4.69) is 10.6 Å². The lowest BCUT2D eigenvalue weighted by Gasteiger charge is -2.25. The van der Waals surface area contributed by atoms with E-state index in [-0.39, 0.29) is 29.3 Å². The van der Waals surface area contributed by atoms with Crippen LogP contribution in [0.2, 0.25) is 0 Å². The number of hydrogen-bond acceptors (Lipinski definition) is 6. The van der Waals surface area contributed by atoms with Crippen molar-refractivity contribution >= 4 is 27.5 Å². The number of rotatable bonds is 8. The van der Waals surface area contributed by atoms with Crippen molar-refractivity contribution in [3.05, 3.63) is 48.0 Å². The molecule has 2 amide bonds. The molecule has 1 aliphatic rings. The molecule has 3 rings (SSSR count). The molecule has 0 radical (unpaired) electrons. The average Bonchev–Trinajstić information content (AvgIpc) is 3.02. The molecule has 2 N–H and O–H groups in total. The van der Waals surface area contributed by atoms with Crippen LogP contribution in [0.4, 0.5) is 5.69 Å². The summed E-state index contributed by atoms with van der Waals surface area (Å²) >= 11 is 0. The number of fused-ring (bicyclic) bond motifs is 1. The molecular weight excluding hydrogens is 458 g/mol. The molecule has 1 unspecified atom stereocenters. The maximum atomic E-state index is 12.9. The zero-order valence-electron chi connectivity index (χ0n) is 19.8. The molecule has 1 aliphatic heterocycles. The van der Waals surface area contributed by atoms with Gasteiger partial charge in [0.15, 0.2) is 11.5 Å². The molecule has 2 aromatic rings. The van der Waals surface area contributed by atoms with E-state index in [4.69, 9.17) is 9.47 Å². The van der Waals surface area contributed by atoms with Crippen LogP contribution in [0.3, 0.4) is 0 Å². The molecule has 10 heteroatoms. The largest absolute Gasteiger partial charge is 0.490 e. The minimum Gasteiger partial charge on any atom is -0.490 e. The van der Waals surface area contributed by atoms with E-state index in [0.717, 1.165) is 16.3 Å². The van der Waals surface area contributed by atoms with Gasteiger partial charge >= 0.3 is 0 Å². The van der Waals surface area contributed by atoms with Crippen molar-refractivity contribution < 1.29 is 27.5 Å². The number of sulfonamides is 1. The maximum Gasteiger partial charge on any atom is 0.243 e. The summed E-state index contributed by atoms with van der Waals surface area (Å²) in [4.78, 5) is 24.0. The van der Waals surface area contributed by atoms with Crippen LogP contribution in [-0.4, -0.2) is 51.3 Å². The number of benzene rings is 2. The van der Waals surface area contributed by atoms with Crippen LogP contribution in [0.25, 0.3) is 0 Å². The molecule has 1 heterocycles. The highest BCUT2D eigenvalue weighted by molar-refractivity contribution is 7.89. The highest BCUT2D eigenvalue weighted by atomic mass is 32.2. The second-order valence-electron chi connectivity index (χ2n) is 8.51. The van der Waals surface area contributed by atoms with E-state index in [1.165, 1.54) is 38.2 Å². The Morgan fingerprint density at radius 3 is 2.29 bits per heavy atom.